The van der Waals surface area contributed by atoms with Gasteiger partial charge in [0.25, 0.3) is 0 Å². The molecule has 1 aliphatic heterocycles. The highest BCUT2D eigenvalue weighted by Crippen LogP contribution is 2.28. The SMILES string of the molecule is COc1ccc(CC(=O)N2CCC(CCOS(=O)c3ccc(C)cc3)CC2)cc1OC. The Balaban J connectivity index is 1.40. The molecule has 0 saturated carbocycles. The molecule has 31 heavy (non-hydrogen) atoms. The summed E-state index contributed by atoms with van der Waals surface area (Å²) in [6, 6.07) is 13.1. The minimum absolute atomic E-state index is 0.127. The lowest BCUT2D eigenvalue weighted by molar-refractivity contribution is -0.131. The third-order valence-electron chi connectivity index (χ3n) is 5.70. The molecule has 168 valence electrons. The third kappa shape index (κ3) is 6.55. The van der Waals surface area contributed by atoms with Gasteiger partial charge in [-0.3, -0.25) is 8.98 Å². The first kappa shape index (κ1) is 23.3. The van der Waals surface area contributed by atoms with Gasteiger partial charge < -0.3 is 14.4 Å². The molecule has 1 amide bonds. The molecule has 1 heterocycles. The van der Waals surface area contributed by atoms with Crippen molar-refractivity contribution >= 4 is 17.0 Å². The van der Waals surface area contributed by atoms with Crippen molar-refractivity contribution in [3.63, 3.8) is 0 Å². The van der Waals surface area contributed by atoms with E-state index in [0.29, 0.717) is 35.3 Å². The van der Waals surface area contributed by atoms with Gasteiger partial charge >= 0.3 is 0 Å². The topological polar surface area (TPSA) is 65.1 Å². The first-order chi connectivity index (χ1) is 15.0. The Morgan fingerprint density at radius 1 is 1.03 bits per heavy atom. The van der Waals surface area contributed by atoms with Gasteiger partial charge in [-0.15, -0.1) is 0 Å². The average Bonchev–Trinajstić information content (AvgIpc) is 2.79. The summed E-state index contributed by atoms with van der Waals surface area (Å²) < 4.78 is 28.3. The molecule has 1 aliphatic rings. The molecule has 1 atom stereocenters. The van der Waals surface area contributed by atoms with Crippen molar-refractivity contribution in [2.75, 3.05) is 33.9 Å². The lowest BCUT2D eigenvalue weighted by Gasteiger charge is -2.32. The summed E-state index contributed by atoms with van der Waals surface area (Å²) in [5.74, 6) is 1.90. The second-order valence-corrected chi connectivity index (χ2v) is 9.03. The normalized spacial score (nSPS) is 15.5. The van der Waals surface area contributed by atoms with Gasteiger partial charge in [-0.2, -0.15) is 0 Å². The van der Waals surface area contributed by atoms with Crippen LogP contribution in [0.25, 0.3) is 0 Å². The molecule has 0 radical (unpaired) electrons. The number of benzene rings is 2. The minimum Gasteiger partial charge on any atom is -0.493 e. The lowest BCUT2D eigenvalue weighted by atomic mass is 9.93. The van der Waals surface area contributed by atoms with Crippen molar-refractivity contribution in [1.82, 2.24) is 4.90 Å². The molecule has 2 aromatic rings. The molecular weight excluding hydrogens is 414 g/mol. The Hall–Kier alpha value is -2.38. The van der Waals surface area contributed by atoms with Crippen LogP contribution >= 0.6 is 0 Å². The largest absolute Gasteiger partial charge is 0.493 e. The van der Waals surface area contributed by atoms with E-state index in [0.717, 1.165) is 43.5 Å². The fraction of sp³-hybridized carbons (Fsp3) is 0.458. The second kappa shape index (κ2) is 11.3. The fourth-order valence-electron chi connectivity index (χ4n) is 3.76. The molecule has 0 bridgehead atoms. The van der Waals surface area contributed by atoms with E-state index in [1.165, 1.54) is 0 Å². The average molecular weight is 446 g/mol. The van der Waals surface area contributed by atoms with E-state index in [-0.39, 0.29) is 5.91 Å². The number of carbonyl (C=O) groups is 1. The van der Waals surface area contributed by atoms with Crippen molar-refractivity contribution in [1.29, 1.82) is 0 Å². The van der Waals surface area contributed by atoms with Crippen LogP contribution in [0.3, 0.4) is 0 Å². The van der Waals surface area contributed by atoms with E-state index < -0.39 is 11.1 Å². The smallest absolute Gasteiger partial charge is 0.226 e. The van der Waals surface area contributed by atoms with Crippen molar-refractivity contribution < 1.29 is 22.7 Å². The molecule has 1 unspecified atom stereocenters. The van der Waals surface area contributed by atoms with E-state index in [1.807, 2.05) is 54.3 Å². The number of aryl methyl sites for hydroxylation is 1. The Morgan fingerprint density at radius 2 is 1.71 bits per heavy atom. The minimum atomic E-state index is -1.42. The summed E-state index contributed by atoms with van der Waals surface area (Å²) in [5, 5.41) is 0. The first-order valence-corrected chi connectivity index (χ1v) is 11.7. The maximum absolute atomic E-state index is 12.7. The van der Waals surface area contributed by atoms with E-state index in [2.05, 4.69) is 0 Å². The number of rotatable bonds is 9. The standard InChI is InChI=1S/C24H31NO5S/c1-18-4-7-21(8-5-18)31(27)30-15-12-19-10-13-25(14-11-19)24(26)17-20-6-9-22(28-2)23(16-20)29-3/h4-9,16,19H,10-15,17H2,1-3H3. The summed E-state index contributed by atoms with van der Waals surface area (Å²) in [4.78, 5) is 15.3. The summed E-state index contributed by atoms with van der Waals surface area (Å²) in [7, 11) is 3.19. The Kier molecular flexibility index (Phi) is 8.49. The lowest BCUT2D eigenvalue weighted by Crippen LogP contribution is -2.39. The van der Waals surface area contributed by atoms with Crippen molar-refractivity contribution in [3.05, 3.63) is 53.6 Å². The summed E-state index contributed by atoms with van der Waals surface area (Å²) in [5.41, 5.74) is 2.05. The first-order valence-electron chi connectivity index (χ1n) is 10.6. The molecular formula is C24H31NO5S. The number of nitrogens with zero attached hydrogens (tertiary/aromatic N) is 1. The predicted molar refractivity (Wildman–Crippen MR) is 121 cm³/mol. The van der Waals surface area contributed by atoms with Gasteiger partial charge in [0.1, 0.15) is 0 Å². The Bertz CT molecular complexity index is 891. The predicted octanol–water partition coefficient (Wildman–Crippen LogP) is 3.92. The van der Waals surface area contributed by atoms with E-state index in [9.17, 15) is 9.00 Å². The zero-order chi connectivity index (χ0) is 22.2. The quantitative estimate of drug-likeness (QED) is 0.585. The van der Waals surface area contributed by atoms with Gasteiger partial charge in [-0.1, -0.05) is 23.8 Å². The molecule has 0 aliphatic carbocycles. The molecule has 0 aromatic heterocycles. The third-order valence-corrected chi connectivity index (χ3v) is 6.74. The number of hydrogen-bond acceptors (Lipinski definition) is 5. The maximum Gasteiger partial charge on any atom is 0.226 e. The molecule has 3 rings (SSSR count). The maximum atomic E-state index is 12.7. The molecule has 0 spiro atoms. The zero-order valence-corrected chi connectivity index (χ0v) is 19.3. The molecule has 7 heteroatoms. The Morgan fingerprint density at radius 3 is 2.35 bits per heavy atom. The molecule has 1 fully saturated rings. The van der Waals surface area contributed by atoms with Crippen LogP contribution in [0, 0.1) is 12.8 Å². The molecule has 0 N–H and O–H groups in total. The monoisotopic (exact) mass is 445 g/mol. The summed E-state index contributed by atoms with van der Waals surface area (Å²) >= 11 is -1.42. The second-order valence-electron chi connectivity index (χ2n) is 7.85. The number of amides is 1. The van der Waals surface area contributed by atoms with Crippen LogP contribution in [0.5, 0.6) is 11.5 Å². The number of hydrogen-bond donors (Lipinski definition) is 0. The number of likely N-dealkylation sites (tertiary alicyclic amines) is 1. The number of ether oxygens (including phenoxy) is 2. The molecule has 1 saturated heterocycles. The molecule has 6 nitrogen and oxygen atoms in total. The zero-order valence-electron chi connectivity index (χ0n) is 18.5. The van der Waals surface area contributed by atoms with Crippen molar-refractivity contribution in [2.45, 2.75) is 37.5 Å². The summed E-state index contributed by atoms with van der Waals surface area (Å²) in [6.07, 6.45) is 3.09. The van der Waals surface area contributed by atoms with Crippen LogP contribution in [0.2, 0.25) is 0 Å². The van der Waals surface area contributed by atoms with E-state index >= 15 is 0 Å². The highest BCUT2D eigenvalue weighted by atomic mass is 32.2. The fourth-order valence-corrected chi connectivity index (χ4v) is 4.50. The van der Waals surface area contributed by atoms with Crippen LogP contribution in [-0.4, -0.2) is 48.9 Å². The van der Waals surface area contributed by atoms with Gasteiger partial charge in [0, 0.05) is 13.1 Å². The van der Waals surface area contributed by atoms with E-state index in [1.54, 1.807) is 14.2 Å². The van der Waals surface area contributed by atoms with Crippen LogP contribution in [0.1, 0.15) is 30.4 Å². The van der Waals surface area contributed by atoms with Gasteiger partial charge in [0.2, 0.25) is 5.91 Å². The highest BCUT2D eigenvalue weighted by molar-refractivity contribution is 7.80. The Labute approximate surface area is 187 Å². The number of piperidine rings is 1. The molecule has 2 aromatic carbocycles. The van der Waals surface area contributed by atoms with Crippen LogP contribution < -0.4 is 9.47 Å². The van der Waals surface area contributed by atoms with E-state index in [4.69, 9.17) is 13.7 Å². The van der Waals surface area contributed by atoms with Crippen molar-refractivity contribution in [2.24, 2.45) is 5.92 Å². The van der Waals surface area contributed by atoms with Gasteiger partial charge in [0.15, 0.2) is 22.6 Å². The van der Waals surface area contributed by atoms with Crippen LogP contribution in [0.4, 0.5) is 0 Å². The van der Waals surface area contributed by atoms with Gasteiger partial charge in [-0.05, 0) is 61.9 Å². The van der Waals surface area contributed by atoms with Gasteiger partial charge in [-0.25, -0.2) is 4.21 Å². The number of carbonyl (C=O) groups excluding carboxylic acids is 1. The van der Waals surface area contributed by atoms with Crippen molar-refractivity contribution in [3.8, 4) is 11.5 Å². The van der Waals surface area contributed by atoms with Gasteiger partial charge in [0.05, 0.1) is 32.1 Å². The number of methoxy groups -OCH3 is 2. The highest BCUT2D eigenvalue weighted by Gasteiger charge is 2.23. The summed E-state index contributed by atoms with van der Waals surface area (Å²) in [6.45, 7) is 3.96. The van der Waals surface area contributed by atoms with Crippen LogP contribution in [0.15, 0.2) is 47.4 Å². The van der Waals surface area contributed by atoms with Crippen LogP contribution in [-0.2, 0) is 26.5 Å².